The topological polar surface area (TPSA) is 73.9 Å². The number of para-hydroxylation sites is 1. The third-order valence-corrected chi connectivity index (χ3v) is 2.15. The second kappa shape index (κ2) is 7.52. The van der Waals surface area contributed by atoms with Crippen LogP contribution < -0.4 is 10.1 Å². The third-order valence-electron chi connectivity index (χ3n) is 2.15. The van der Waals surface area contributed by atoms with Gasteiger partial charge in [0, 0.05) is 0 Å². The van der Waals surface area contributed by atoms with Crippen LogP contribution in [0.15, 0.2) is 30.3 Å². The number of esters is 1. The normalized spacial score (nSPS) is 12.2. The Labute approximate surface area is 124 Å². The van der Waals surface area contributed by atoms with Crippen molar-refractivity contribution in [3.05, 3.63) is 30.3 Å². The minimum absolute atomic E-state index is 0.184. The van der Waals surface area contributed by atoms with Gasteiger partial charge in [0.2, 0.25) is 0 Å². The fourth-order valence-corrected chi connectivity index (χ4v) is 1.40. The number of alkyl carbamates (subject to hydrolysis) is 1. The molecular formula is C15H21NO5. The summed E-state index contributed by atoms with van der Waals surface area (Å²) in [5.74, 6) is -0.251. The van der Waals surface area contributed by atoms with Gasteiger partial charge >= 0.3 is 12.1 Å². The lowest BCUT2D eigenvalue weighted by molar-refractivity contribution is -0.153. The van der Waals surface area contributed by atoms with Crippen molar-refractivity contribution in [2.75, 3.05) is 6.61 Å². The molecule has 1 atom stereocenters. The number of carbonyl (C=O) groups is 2. The summed E-state index contributed by atoms with van der Waals surface area (Å²) in [5, 5.41) is 2.35. The lowest BCUT2D eigenvalue weighted by atomic mass is 10.2. The van der Waals surface area contributed by atoms with E-state index in [2.05, 4.69) is 5.32 Å². The highest BCUT2D eigenvalue weighted by molar-refractivity contribution is 5.80. The summed E-state index contributed by atoms with van der Waals surface area (Å²) in [7, 11) is 0. The first-order valence-electron chi connectivity index (χ1n) is 6.69. The third kappa shape index (κ3) is 6.65. The molecule has 1 unspecified atom stereocenters. The lowest BCUT2D eigenvalue weighted by Crippen LogP contribution is -2.47. The Kier molecular flexibility index (Phi) is 6.02. The van der Waals surface area contributed by atoms with Crippen LogP contribution in [0.2, 0.25) is 0 Å². The molecule has 0 saturated heterocycles. The highest BCUT2D eigenvalue weighted by Gasteiger charge is 2.27. The number of carbonyl (C=O) groups excluding carboxylic acids is 2. The minimum Gasteiger partial charge on any atom is -0.462 e. The maximum atomic E-state index is 11.8. The molecule has 6 heteroatoms. The van der Waals surface area contributed by atoms with E-state index in [0.717, 1.165) is 0 Å². The lowest BCUT2D eigenvalue weighted by Gasteiger charge is -2.23. The number of hydrogen-bond acceptors (Lipinski definition) is 5. The fraction of sp³-hybridized carbons (Fsp3) is 0.467. The van der Waals surface area contributed by atoms with E-state index in [-0.39, 0.29) is 6.61 Å². The van der Waals surface area contributed by atoms with Crippen LogP contribution >= 0.6 is 0 Å². The van der Waals surface area contributed by atoms with Crippen LogP contribution in [0.1, 0.15) is 27.7 Å². The summed E-state index contributed by atoms with van der Waals surface area (Å²) in [5.41, 5.74) is -0.671. The van der Waals surface area contributed by atoms with E-state index in [1.54, 1.807) is 52.0 Å². The van der Waals surface area contributed by atoms with Gasteiger partial charge in [0.15, 0.2) is 0 Å². The highest BCUT2D eigenvalue weighted by Crippen LogP contribution is 2.12. The van der Waals surface area contributed by atoms with Gasteiger partial charge in [0.05, 0.1) is 6.61 Å². The SMILES string of the molecule is CCOC(=O)C(NC(=O)OC(C)(C)C)Oc1ccccc1. The maximum absolute atomic E-state index is 11.8. The average Bonchev–Trinajstić information content (AvgIpc) is 2.37. The van der Waals surface area contributed by atoms with Crippen LogP contribution in [0.3, 0.4) is 0 Å². The Bertz CT molecular complexity index is 467. The summed E-state index contributed by atoms with van der Waals surface area (Å²) in [6.07, 6.45) is -2.02. The largest absolute Gasteiger partial charge is 0.462 e. The zero-order valence-corrected chi connectivity index (χ0v) is 12.7. The summed E-state index contributed by atoms with van der Waals surface area (Å²) in [4.78, 5) is 23.6. The van der Waals surface area contributed by atoms with Gasteiger partial charge in [-0.3, -0.25) is 5.32 Å². The van der Waals surface area contributed by atoms with Gasteiger partial charge in [0.1, 0.15) is 11.4 Å². The first-order valence-corrected chi connectivity index (χ1v) is 6.69. The maximum Gasteiger partial charge on any atom is 0.410 e. The van der Waals surface area contributed by atoms with Crippen LogP contribution in [0, 0.1) is 0 Å². The Hall–Kier alpha value is -2.24. The standard InChI is InChI=1S/C15H21NO5/c1-5-19-13(17)12(16-14(18)21-15(2,3)4)20-11-9-7-6-8-10-11/h6-10,12H,5H2,1-4H3,(H,16,18). The van der Waals surface area contributed by atoms with Gasteiger partial charge in [-0.1, -0.05) is 18.2 Å². The molecule has 0 aliphatic carbocycles. The van der Waals surface area contributed by atoms with Crippen molar-refractivity contribution in [1.82, 2.24) is 5.32 Å². The van der Waals surface area contributed by atoms with Gasteiger partial charge in [-0.15, -0.1) is 0 Å². The predicted molar refractivity (Wildman–Crippen MR) is 76.9 cm³/mol. The van der Waals surface area contributed by atoms with Crippen molar-refractivity contribution in [2.24, 2.45) is 0 Å². The number of benzene rings is 1. The van der Waals surface area contributed by atoms with Gasteiger partial charge in [-0.2, -0.15) is 0 Å². The molecule has 1 aromatic rings. The quantitative estimate of drug-likeness (QED) is 0.667. The fourth-order valence-electron chi connectivity index (χ4n) is 1.40. The van der Waals surface area contributed by atoms with Gasteiger partial charge in [0.25, 0.3) is 6.23 Å². The van der Waals surface area contributed by atoms with Gasteiger partial charge < -0.3 is 14.2 Å². The van der Waals surface area contributed by atoms with Crippen molar-refractivity contribution in [3.63, 3.8) is 0 Å². The molecule has 1 rings (SSSR count). The van der Waals surface area contributed by atoms with Crippen LogP contribution in [0.4, 0.5) is 4.79 Å². The van der Waals surface area contributed by atoms with Crippen molar-refractivity contribution >= 4 is 12.1 Å². The minimum atomic E-state index is -1.26. The molecule has 1 amide bonds. The zero-order valence-electron chi connectivity index (χ0n) is 12.7. The summed E-state index contributed by atoms with van der Waals surface area (Å²) >= 11 is 0. The monoisotopic (exact) mass is 295 g/mol. The molecule has 21 heavy (non-hydrogen) atoms. The second-order valence-corrected chi connectivity index (χ2v) is 5.21. The zero-order chi connectivity index (χ0) is 15.9. The van der Waals surface area contributed by atoms with E-state index >= 15 is 0 Å². The average molecular weight is 295 g/mol. The molecule has 0 aliphatic heterocycles. The Morgan fingerprint density at radius 1 is 1.19 bits per heavy atom. The first kappa shape index (κ1) is 16.8. The molecular weight excluding hydrogens is 274 g/mol. The van der Waals surface area contributed by atoms with E-state index in [0.29, 0.717) is 5.75 Å². The molecule has 0 bridgehead atoms. The summed E-state index contributed by atoms with van der Waals surface area (Å²) < 4.78 is 15.4. The Morgan fingerprint density at radius 3 is 2.33 bits per heavy atom. The van der Waals surface area contributed by atoms with Crippen molar-refractivity contribution < 1.29 is 23.8 Å². The predicted octanol–water partition coefficient (Wildman–Crippen LogP) is 2.48. The Balaban J connectivity index is 2.73. The number of ether oxygens (including phenoxy) is 3. The van der Waals surface area contributed by atoms with Gasteiger partial charge in [-0.25, -0.2) is 9.59 Å². The van der Waals surface area contributed by atoms with Crippen LogP contribution in [-0.4, -0.2) is 30.5 Å². The molecule has 1 aromatic carbocycles. The molecule has 1 N–H and O–H groups in total. The van der Waals surface area contributed by atoms with Crippen LogP contribution in [-0.2, 0) is 14.3 Å². The number of hydrogen-bond donors (Lipinski definition) is 1. The van der Waals surface area contributed by atoms with Crippen LogP contribution in [0.5, 0.6) is 5.75 Å². The first-order chi connectivity index (χ1) is 9.81. The smallest absolute Gasteiger partial charge is 0.410 e. The Morgan fingerprint density at radius 2 is 1.81 bits per heavy atom. The molecule has 0 saturated carbocycles. The van der Waals surface area contributed by atoms with E-state index in [1.807, 2.05) is 6.07 Å². The van der Waals surface area contributed by atoms with Crippen molar-refractivity contribution in [2.45, 2.75) is 39.5 Å². The van der Waals surface area contributed by atoms with Gasteiger partial charge in [-0.05, 0) is 39.8 Å². The molecule has 0 spiro atoms. The second-order valence-electron chi connectivity index (χ2n) is 5.21. The molecule has 0 aliphatic rings. The molecule has 6 nitrogen and oxygen atoms in total. The van der Waals surface area contributed by atoms with Crippen molar-refractivity contribution in [1.29, 1.82) is 0 Å². The molecule has 0 aromatic heterocycles. The number of nitrogens with one attached hydrogen (secondary N) is 1. The van der Waals surface area contributed by atoms with E-state index in [1.165, 1.54) is 0 Å². The number of rotatable bonds is 5. The molecule has 0 radical (unpaired) electrons. The van der Waals surface area contributed by atoms with E-state index in [4.69, 9.17) is 14.2 Å². The summed E-state index contributed by atoms with van der Waals surface area (Å²) in [6.45, 7) is 7.03. The number of amides is 1. The van der Waals surface area contributed by atoms with Crippen molar-refractivity contribution in [3.8, 4) is 5.75 Å². The highest BCUT2D eigenvalue weighted by atomic mass is 16.6. The van der Waals surface area contributed by atoms with Crippen LogP contribution in [0.25, 0.3) is 0 Å². The molecule has 0 fully saturated rings. The van der Waals surface area contributed by atoms with E-state index < -0.39 is 23.9 Å². The van der Waals surface area contributed by atoms with E-state index in [9.17, 15) is 9.59 Å². The molecule has 116 valence electrons. The molecule has 0 heterocycles. The summed E-state index contributed by atoms with van der Waals surface area (Å²) in [6, 6.07) is 8.66.